The Balaban J connectivity index is 1.73. The zero-order chi connectivity index (χ0) is 13.5. The summed E-state index contributed by atoms with van der Waals surface area (Å²) in [7, 11) is 0. The lowest BCUT2D eigenvalue weighted by molar-refractivity contribution is -0.122. The SMILES string of the molecule is N#CC1(NC(=O)Cn2nc3n(c2=O)CCCC3)CC1. The van der Waals surface area contributed by atoms with E-state index >= 15 is 0 Å². The van der Waals surface area contributed by atoms with Gasteiger partial charge in [0.2, 0.25) is 5.91 Å². The molecule has 0 aromatic carbocycles. The van der Waals surface area contributed by atoms with Crippen molar-refractivity contribution >= 4 is 5.91 Å². The largest absolute Gasteiger partial charge is 0.346 e. The van der Waals surface area contributed by atoms with Crippen LogP contribution in [0, 0.1) is 11.3 Å². The van der Waals surface area contributed by atoms with E-state index in [1.54, 1.807) is 4.57 Å². The van der Waals surface area contributed by atoms with Crippen molar-refractivity contribution in [1.29, 1.82) is 5.26 Å². The number of carbonyl (C=O) groups excluding carboxylic acids is 1. The molecule has 3 rings (SSSR count). The molecule has 1 aromatic rings. The van der Waals surface area contributed by atoms with Crippen LogP contribution in [0.25, 0.3) is 0 Å². The van der Waals surface area contributed by atoms with E-state index in [1.165, 1.54) is 4.68 Å². The van der Waals surface area contributed by atoms with Gasteiger partial charge in [-0.05, 0) is 25.7 Å². The predicted octanol–water partition coefficient (Wildman–Crippen LogP) is -0.447. The average molecular weight is 261 g/mol. The molecule has 19 heavy (non-hydrogen) atoms. The molecule has 0 spiro atoms. The highest BCUT2D eigenvalue weighted by atomic mass is 16.2. The van der Waals surface area contributed by atoms with E-state index in [9.17, 15) is 9.59 Å². The van der Waals surface area contributed by atoms with E-state index in [4.69, 9.17) is 5.26 Å². The maximum atomic E-state index is 12.0. The first kappa shape index (κ1) is 12.0. The lowest BCUT2D eigenvalue weighted by Gasteiger charge is -2.09. The molecule has 7 nitrogen and oxygen atoms in total. The summed E-state index contributed by atoms with van der Waals surface area (Å²) in [6.07, 6.45) is 4.15. The van der Waals surface area contributed by atoms with Gasteiger partial charge in [-0.1, -0.05) is 0 Å². The van der Waals surface area contributed by atoms with Gasteiger partial charge in [0, 0.05) is 13.0 Å². The number of nitrogens with one attached hydrogen (secondary N) is 1. The summed E-state index contributed by atoms with van der Waals surface area (Å²) in [4.78, 5) is 23.8. The molecule has 0 atom stereocenters. The Kier molecular flexibility index (Phi) is 2.66. The van der Waals surface area contributed by atoms with Crippen LogP contribution in [0.5, 0.6) is 0 Å². The Morgan fingerprint density at radius 2 is 2.26 bits per heavy atom. The van der Waals surface area contributed by atoms with Crippen LogP contribution in [0.1, 0.15) is 31.5 Å². The normalized spacial score (nSPS) is 19.3. The molecule has 1 amide bonds. The maximum Gasteiger partial charge on any atom is 0.346 e. The molecule has 1 saturated carbocycles. The Labute approximate surface area is 109 Å². The lowest BCUT2D eigenvalue weighted by Crippen LogP contribution is -2.40. The summed E-state index contributed by atoms with van der Waals surface area (Å²) in [5.74, 6) is 0.432. The molecule has 1 N–H and O–H groups in total. The van der Waals surface area contributed by atoms with Crippen LogP contribution in [0.2, 0.25) is 0 Å². The summed E-state index contributed by atoms with van der Waals surface area (Å²) in [5, 5.41) is 15.8. The van der Waals surface area contributed by atoms with Gasteiger partial charge in [0.15, 0.2) is 0 Å². The topological polar surface area (TPSA) is 92.7 Å². The van der Waals surface area contributed by atoms with Crippen LogP contribution in [0.4, 0.5) is 0 Å². The smallest absolute Gasteiger partial charge is 0.336 e. The highest BCUT2D eigenvalue weighted by Gasteiger charge is 2.44. The lowest BCUT2D eigenvalue weighted by atomic mass is 10.2. The third-order valence-electron chi connectivity index (χ3n) is 3.67. The van der Waals surface area contributed by atoms with E-state index in [-0.39, 0.29) is 18.1 Å². The van der Waals surface area contributed by atoms with Crippen molar-refractivity contribution in [3.05, 3.63) is 16.3 Å². The second kappa shape index (κ2) is 4.23. The number of hydrogen-bond donors (Lipinski definition) is 1. The molecule has 0 saturated heterocycles. The summed E-state index contributed by atoms with van der Waals surface area (Å²) in [6.45, 7) is 0.570. The number of amides is 1. The van der Waals surface area contributed by atoms with Crippen molar-refractivity contribution in [2.45, 2.75) is 50.7 Å². The van der Waals surface area contributed by atoms with E-state index in [1.807, 2.05) is 0 Å². The van der Waals surface area contributed by atoms with Crippen LogP contribution in [0.3, 0.4) is 0 Å². The van der Waals surface area contributed by atoms with Crippen molar-refractivity contribution in [1.82, 2.24) is 19.7 Å². The molecule has 0 bridgehead atoms. The van der Waals surface area contributed by atoms with Crippen LogP contribution < -0.4 is 11.0 Å². The van der Waals surface area contributed by atoms with E-state index in [2.05, 4.69) is 16.5 Å². The number of aryl methyl sites for hydroxylation is 1. The van der Waals surface area contributed by atoms with Crippen LogP contribution in [0.15, 0.2) is 4.79 Å². The van der Waals surface area contributed by atoms with Gasteiger partial charge in [-0.15, -0.1) is 0 Å². The number of hydrogen-bond acceptors (Lipinski definition) is 4. The zero-order valence-corrected chi connectivity index (χ0v) is 10.6. The fraction of sp³-hybridized carbons (Fsp3) is 0.667. The second-order valence-electron chi connectivity index (χ2n) is 5.21. The van der Waals surface area contributed by atoms with Crippen molar-refractivity contribution in [2.75, 3.05) is 0 Å². The molecule has 2 heterocycles. The fourth-order valence-corrected chi connectivity index (χ4v) is 2.38. The monoisotopic (exact) mass is 261 g/mol. The molecule has 1 aromatic heterocycles. The predicted molar refractivity (Wildman–Crippen MR) is 65.1 cm³/mol. The molecule has 0 radical (unpaired) electrons. The van der Waals surface area contributed by atoms with Gasteiger partial charge in [0.05, 0.1) is 6.07 Å². The molecular weight excluding hydrogens is 246 g/mol. The van der Waals surface area contributed by atoms with Gasteiger partial charge in [-0.3, -0.25) is 9.36 Å². The Bertz CT molecular complexity index is 617. The molecule has 2 aliphatic rings. The molecular formula is C12H15N5O2. The van der Waals surface area contributed by atoms with Gasteiger partial charge >= 0.3 is 5.69 Å². The van der Waals surface area contributed by atoms with Gasteiger partial charge in [0.25, 0.3) is 0 Å². The van der Waals surface area contributed by atoms with Crippen LogP contribution >= 0.6 is 0 Å². The average Bonchev–Trinajstić information content (AvgIpc) is 3.11. The third kappa shape index (κ3) is 2.14. The number of rotatable bonds is 3. The minimum absolute atomic E-state index is 0.109. The van der Waals surface area contributed by atoms with Crippen molar-refractivity contribution in [2.24, 2.45) is 0 Å². The molecule has 1 aliphatic carbocycles. The number of aromatic nitrogens is 3. The number of fused-ring (bicyclic) bond motifs is 1. The first-order chi connectivity index (χ1) is 9.13. The summed E-state index contributed by atoms with van der Waals surface area (Å²) in [6, 6.07) is 2.09. The van der Waals surface area contributed by atoms with Crippen LogP contribution in [-0.4, -0.2) is 25.8 Å². The van der Waals surface area contributed by atoms with Gasteiger partial charge in [-0.25, -0.2) is 9.48 Å². The quantitative estimate of drug-likeness (QED) is 0.797. The van der Waals surface area contributed by atoms with Gasteiger partial charge in [0.1, 0.15) is 17.9 Å². The minimum Gasteiger partial charge on any atom is -0.336 e. The molecule has 100 valence electrons. The summed E-state index contributed by atoms with van der Waals surface area (Å²) in [5.41, 5.74) is -0.924. The molecule has 0 unspecified atom stereocenters. The molecule has 7 heteroatoms. The Hall–Kier alpha value is -2.10. The fourth-order valence-electron chi connectivity index (χ4n) is 2.38. The van der Waals surface area contributed by atoms with E-state index < -0.39 is 5.54 Å². The molecule has 1 aliphatic heterocycles. The van der Waals surface area contributed by atoms with Crippen LogP contribution in [-0.2, 0) is 24.3 Å². The zero-order valence-electron chi connectivity index (χ0n) is 10.6. The Morgan fingerprint density at radius 3 is 2.89 bits per heavy atom. The van der Waals surface area contributed by atoms with Crippen molar-refractivity contribution in [3.8, 4) is 6.07 Å². The minimum atomic E-state index is -0.694. The number of carbonyl (C=O) groups is 1. The maximum absolute atomic E-state index is 12.0. The number of nitrogens with zero attached hydrogens (tertiary/aromatic N) is 4. The van der Waals surface area contributed by atoms with E-state index in [0.29, 0.717) is 19.4 Å². The van der Waals surface area contributed by atoms with Crippen molar-refractivity contribution in [3.63, 3.8) is 0 Å². The van der Waals surface area contributed by atoms with Gasteiger partial charge < -0.3 is 5.32 Å². The van der Waals surface area contributed by atoms with E-state index in [0.717, 1.165) is 25.1 Å². The first-order valence-electron chi connectivity index (χ1n) is 6.52. The highest BCUT2D eigenvalue weighted by Crippen LogP contribution is 2.34. The standard InChI is InChI=1S/C12H15N5O2/c13-8-12(4-5-12)14-10(18)7-17-11(19)16-6-2-1-3-9(16)15-17/h1-7H2,(H,14,18). The second-order valence-corrected chi connectivity index (χ2v) is 5.21. The summed E-state index contributed by atoms with van der Waals surface area (Å²) >= 11 is 0. The Morgan fingerprint density at radius 1 is 1.47 bits per heavy atom. The first-order valence-corrected chi connectivity index (χ1v) is 6.52. The number of nitriles is 1. The third-order valence-corrected chi connectivity index (χ3v) is 3.67. The summed E-state index contributed by atoms with van der Waals surface area (Å²) < 4.78 is 2.83. The highest BCUT2D eigenvalue weighted by molar-refractivity contribution is 5.77. The van der Waals surface area contributed by atoms with Gasteiger partial charge in [-0.2, -0.15) is 10.4 Å². The van der Waals surface area contributed by atoms with Crippen molar-refractivity contribution < 1.29 is 4.79 Å². The molecule has 1 fully saturated rings.